The third-order valence-electron chi connectivity index (χ3n) is 2.81. The standard InChI is InChI=1S/C14H20FNO2/c1-4-9-16-14(3,13(17)18-5-2)11-7-6-8-12(15)10-11/h6-8,10,16H,4-5,9H2,1-3H3. The number of nitrogens with one attached hydrogen (secondary N) is 1. The number of hydrogen-bond donors (Lipinski definition) is 1. The minimum atomic E-state index is -1.01. The third kappa shape index (κ3) is 3.29. The van der Waals surface area contributed by atoms with Crippen LogP contribution in [0, 0.1) is 5.82 Å². The largest absolute Gasteiger partial charge is 0.464 e. The van der Waals surface area contributed by atoms with Crippen molar-refractivity contribution in [2.75, 3.05) is 13.2 Å². The van der Waals surface area contributed by atoms with Crippen molar-refractivity contribution in [1.82, 2.24) is 5.32 Å². The number of benzene rings is 1. The lowest BCUT2D eigenvalue weighted by Gasteiger charge is -2.29. The molecule has 0 heterocycles. The summed E-state index contributed by atoms with van der Waals surface area (Å²) < 4.78 is 18.4. The zero-order chi connectivity index (χ0) is 13.6. The van der Waals surface area contributed by atoms with Crippen molar-refractivity contribution in [3.8, 4) is 0 Å². The van der Waals surface area contributed by atoms with Crippen LogP contribution in [0.1, 0.15) is 32.8 Å². The Balaban J connectivity index is 3.06. The first-order valence-electron chi connectivity index (χ1n) is 6.23. The van der Waals surface area contributed by atoms with Crippen molar-refractivity contribution in [2.24, 2.45) is 0 Å². The summed E-state index contributed by atoms with van der Waals surface area (Å²) in [5, 5.41) is 3.13. The van der Waals surface area contributed by atoms with Crippen molar-refractivity contribution < 1.29 is 13.9 Å². The first-order valence-corrected chi connectivity index (χ1v) is 6.23. The average molecular weight is 253 g/mol. The maximum absolute atomic E-state index is 13.3. The van der Waals surface area contributed by atoms with Crippen molar-refractivity contribution in [3.63, 3.8) is 0 Å². The van der Waals surface area contributed by atoms with Crippen LogP contribution in [0.5, 0.6) is 0 Å². The van der Waals surface area contributed by atoms with Crippen LogP contribution in [-0.4, -0.2) is 19.1 Å². The first kappa shape index (κ1) is 14.6. The molecular formula is C14H20FNO2. The number of hydrogen-bond acceptors (Lipinski definition) is 3. The van der Waals surface area contributed by atoms with Gasteiger partial charge in [0.2, 0.25) is 0 Å². The Labute approximate surface area is 107 Å². The Morgan fingerprint density at radius 1 is 1.44 bits per heavy atom. The Bertz CT molecular complexity index is 409. The normalized spacial score (nSPS) is 14.0. The van der Waals surface area contributed by atoms with Crippen LogP contribution in [0.15, 0.2) is 24.3 Å². The van der Waals surface area contributed by atoms with Crippen molar-refractivity contribution in [2.45, 2.75) is 32.7 Å². The van der Waals surface area contributed by atoms with Gasteiger partial charge in [-0.15, -0.1) is 0 Å². The van der Waals surface area contributed by atoms with E-state index in [1.165, 1.54) is 12.1 Å². The van der Waals surface area contributed by atoms with Gasteiger partial charge in [-0.05, 0) is 44.5 Å². The second-order valence-electron chi connectivity index (χ2n) is 4.28. The van der Waals surface area contributed by atoms with Crippen molar-refractivity contribution in [1.29, 1.82) is 0 Å². The summed E-state index contributed by atoms with van der Waals surface area (Å²) >= 11 is 0. The highest BCUT2D eigenvalue weighted by Crippen LogP contribution is 2.23. The Hall–Kier alpha value is -1.42. The second kappa shape index (κ2) is 6.50. The van der Waals surface area contributed by atoms with Crippen LogP contribution < -0.4 is 5.32 Å². The third-order valence-corrected chi connectivity index (χ3v) is 2.81. The summed E-state index contributed by atoms with van der Waals surface area (Å²) in [5.41, 5.74) is -0.428. The smallest absolute Gasteiger partial charge is 0.330 e. The molecule has 1 atom stereocenters. The number of rotatable bonds is 6. The van der Waals surface area contributed by atoms with E-state index in [-0.39, 0.29) is 11.8 Å². The SMILES string of the molecule is CCCNC(C)(C(=O)OCC)c1cccc(F)c1. The van der Waals surface area contributed by atoms with Gasteiger partial charge in [0.15, 0.2) is 0 Å². The quantitative estimate of drug-likeness (QED) is 0.792. The lowest BCUT2D eigenvalue weighted by atomic mass is 9.91. The van der Waals surface area contributed by atoms with Gasteiger partial charge >= 0.3 is 5.97 Å². The highest BCUT2D eigenvalue weighted by atomic mass is 19.1. The Kier molecular flexibility index (Phi) is 5.28. The van der Waals surface area contributed by atoms with Crippen molar-refractivity contribution >= 4 is 5.97 Å². The summed E-state index contributed by atoms with van der Waals surface area (Å²) in [4.78, 5) is 12.1. The molecule has 0 saturated heterocycles. The zero-order valence-corrected chi connectivity index (χ0v) is 11.1. The average Bonchev–Trinajstić information content (AvgIpc) is 2.36. The number of carbonyl (C=O) groups is 1. The van der Waals surface area contributed by atoms with E-state index < -0.39 is 5.54 Å². The van der Waals surface area contributed by atoms with E-state index in [0.29, 0.717) is 18.7 Å². The molecule has 1 unspecified atom stereocenters. The summed E-state index contributed by atoms with van der Waals surface area (Å²) in [5.74, 6) is -0.745. The number of carbonyl (C=O) groups excluding carboxylic acids is 1. The van der Waals surface area contributed by atoms with Crippen LogP contribution >= 0.6 is 0 Å². The number of esters is 1. The molecule has 1 rings (SSSR count). The summed E-state index contributed by atoms with van der Waals surface area (Å²) in [6, 6.07) is 6.03. The van der Waals surface area contributed by atoms with Gasteiger partial charge in [-0.25, -0.2) is 9.18 Å². The van der Waals surface area contributed by atoms with Gasteiger partial charge in [-0.1, -0.05) is 19.1 Å². The molecule has 0 aliphatic carbocycles. The molecule has 0 aliphatic heterocycles. The molecule has 0 aromatic heterocycles. The van der Waals surface area contributed by atoms with E-state index in [2.05, 4.69) is 5.32 Å². The molecule has 0 bridgehead atoms. The first-order chi connectivity index (χ1) is 8.54. The van der Waals surface area contributed by atoms with Gasteiger partial charge in [-0.3, -0.25) is 5.32 Å². The van der Waals surface area contributed by atoms with E-state index in [0.717, 1.165) is 6.42 Å². The molecule has 18 heavy (non-hydrogen) atoms. The van der Waals surface area contributed by atoms with Crippen LogP contribution in [-0.2, 0) is 15.1 Å². The molecule has 0 aliphatic rings. The molecule has 1 aromatic rings. The number of halogens is 1. The fraction of sp³-hybridized carbons (Fsp3) is 0.500. The Morgan fingerprint density at radius 2 is 2.17 bits per heavy atom. The molecule has 1 N–H and O–H groups in total. The van der Waals surface area contributed by atoms with Gasteiger partial charge in [0.1, 0.15) is 11.4 Å². The van der Waals surface area contributed by atoms with Gasteiger partial charge in [0.25, 0.3) is 0 Å². The van der Waals surface area contributed by atoms with E-state index in [4.69, 9.17) is 4.74 Å². The lowest BCUT2D eigenvalue weighted by Crippen LogP contribution is -2.48. The predicted molar refractivity (Wildman–Crippen MR) is 68.7 cm³/mol. The molecule has 0 radical (unpaired) electrons. The lowest BCUT2D eigenvalue weighted by molar-refractivity contribution is -0.151. The fourth-order valence-electron chi connectivity index (χ4n) is 1.74. The minimum absolute atomic E-state index is 0.303. The van der Waals surface area contributed by atoms with E-state index in [1.54, 1.807) is 26.0 Å². The maximum Gasteiger partial charge on any atom is 0.330 e. The van der Waals surface area contributed by atoms with Crippen LogP contribution in [0.2, 0.25) is 0 Å². The van der Waals surface area contributed by atoms with Crippen LogP contribution in [0.4, 0.5) is 4.39 Å². The Morgan fingerprint density at radius 3 is 2.72 bits per heavy atom. The van der Waals surface area contributed by atoms with E-state index in [1.807, 2.05) is 6.92 Å². The second-order valence-corrected chi connectivity index (χ2v) is 4.28. The van der Waals surface area contributed by atoms with Gasteiger partial charge in [0, 0.05) is 0 Å². The molecule has 0 fully saturated rings. The molecule has 0 saturated carbocycles. The summed E-state index contributed by atoms with van der Waals surface area (Å²) in [7, 11) is 0. The fourth-order valence-corrected chi connectivity index (χ4v) is 1.74. The molecular weight excluding hydrogens is 233 g/mol. The molecule has 1 aromatic carbocycles. The molecule has 4 heteroatoms. The summed E-state index contributed by atoms with van der Waals surface area (Å²) in [6.07, 6.45) is 0.879. The number of ether oxygens (including phenoxy) is 1. The molecule has 0 amide bonds. The minimum Gasteiger partial charge on any atom is -0.464 e. The topological polar surface area (TPSA) is 38.3 Å². The van der Waals surface area contributed by atoms with Gasteiger partial charge in [-0.2, -0.15) is 0 Å². The summed E-state index contributed by atoms with van der Waals surface area (Å²) in [6.45, 7) is 6.44. The van der Waals surface area contributed by atoms with Crippen molar-refractivity contribution in [3.05, 3.63) is 35.6 Å². The highest BCUT2D eigenvalue weighted by Gasteiger charge is 2.36. The molecule has 100 valence electrons. The van der Waals surface area contributed by atoms with Crippen LogP contribution in [0.3, 0.4) is 0 Å². The zero-order valence-electron chi connectivity index (χ0n) is 11.1. The van der Waals surface area contributed by atoms with Crippen LogP contribution in [0.25, 0.3) is 0 Å². The monoisotopic (exact) mass is 253 g/mol. The van der Waals surface area contributed by atoms with E-state index >= 15 is 0 Å². The highest BCUT2D eigenvalue weighted by molar-refractivity contribution is 5.82. The van der Waals surface area contributed by atoms with E-state index in [9.17, 15) is 9.18 Å². The predicted octanol–water partition coefficient (Wildman–Crippen LogP) is 2.60. The maximum atomic E-state index is 13.3. The van der Waals surface area contributed by atoms with Gasteiger partial charge < -0.3 is 4.74 Å². The molecule has 3 nitrogen and oxygen atoms in total. The van der Waals surface area contributed by atoms with Gasteiger partial charge in [0.05, 0.1) is 6.61 Å². The molecule has 0 spiro atoms.